The van der Waals surface area contributed by atoms with Gasteiger partial charge < -0.3 is 4.57 Å². The molecule has 0 saturated carbocycles. The van der Waals surface area contributed by atoms with E-state index in [1.165, 1.54) is 0 Å². The number of aromatic nitrogens is 2. The molecule has 2 aromatic rings. The van der Waals surface area contributed by atoms with Crippen molar-refractivity contribution in [1.29, 1.82) is 10.5 Å². The Bertz CT molecular complexity index is 782. The largest absolute Gasteiger partial charge is 0.328 e. The molecular weight excluding hydrogens is 264 g/mol. The van der Waals surface area contributed by atoms with Crippen molar-refractivity contribution in [3.8, 4) is 12.1 Å². The fourth-order valence-corrected chi connectivity index (χ4v) is 2.13. The summed E-state index contributed by atoms with van der Waals surface area (Å²) in [6.07, 6.45) is 1.79. The molecule has 1 N–H and O–H groups in total. The molecule has 6 nitrogen and oxygen atoms in total. The summed E-state index contributed by atoms with van der Waals surface area (Å²) in [5.74, 6) is 0. The molecule has 0 radical (unpaired) electrons. The van der Waals surface area contributed by atoms with E-state index in [1.807, 2.05) is 13.8 Å². The highest BCUT2D eigenvalue weighted by Gasteiger charge is 2.14. The Morgan fingerprint density at radius 1 is 1.33 bits per heavy atom. The first-order valence-corrected chi connectivity index (χ1v) is 6.60. The predicted molar refractivity (Wildman–Crippen MR) is 81.9 cm³/mol. The van der Waals surface area contributed by atoms with Crippen LogP contribution in [0, 0.1) is 36.5 Å². The number of hydrogen-bond donors (Lipinski definition) is 1. The predicted octanol–water partition coefficient (Wildman–Crippen LogP) is 3.05. The van der Waals surface area contributed by atoms with Gasteiger partial charge in [0.25, 0.3) is 0 Å². The molecule has 1 aromatic heterocycles. The molecule has 21 heavy (non-hydrogen) atoms. The lowest BCUT2D eigenvalue weighted by molar-refractivity contribution is 0.617. The Balaban J connectivity index is 2.63. The Labute approximate surface area is 123 Å². The Morgan fingerprint density at radius 2 is 2.00 bits per heavy atom. The average molecular weight is 280 g/mol. The maximum atomic E-state index is 8.76. The van der Waals surface area contributed by atoms with Crippen molar-refractivity contribution in [1.82, 2.24) is 9.55 Å². The van der Waals surface area contributed by atoms with Gasteiger partial charge in [0.15, 0.2) is 0 Å². The van der Waals surface area contributed by atoms with Gasteiger partial charge in [-0.2, -0.15) is 15.6 Å². The molecule has 1 aromatic carbocycles. The van der Waals surface area contributed by atoms with E-state index >= 15 is 0 Å². The Morgan fingerprint density at radius 3 is 2.57 bits per heavy atom. The minimum absolute atomic E-state index is 0.215. The summed E-state index contributed by atoms with van der Waals surface area (Å²) in [4.78, 5) is 4.44. The van der Waals surface area contributed by atoms with Gasteiger partial charge in [0.1, 0.15) is 17.7 Å². The molecule has 0 bridgehead atoms. The lowest BCUT2D eigenvalue weighted by atomic mass is 10.1. The topological polar surface area (TPSA) is 89.8 Å². The Hall–Kier alpha value is -2.86. The van der Waals surface area contributed by atoms with E-state index in [9.17, 15) is 0 Å². The molecule has 106 valence electrons. The van der Waals surface area contributed by atoms with E-state index in [4.69, 9.17) is 10.5 Å². The number of fused-ring (bicyclic) bond motifs is 1. The van der Waals surface area contributed by atoms with Crippen LogP contribution in [0.1, 0.15) is 31.0 Å². The standard InChI is InChI=1S/C15H16N6/c1-9(2)21-8-18-15-13(21)5-10(3)11(4)14(15)20-19-12(6-16)7-17/h5,8-9,20H,1-4H3. The van der Waals surface area contributed by atoms with Crippen molar-refractivity contribution in [2.24, 2.45) is 5.10 Å². The first-order valence-electron chi connectivity index (χ1n) is 6.60. The fourth-order valence-electron chi connectivity index (χ4n) is 2.13. The van der Waals surface area contributed by atoms with Gasteiger partial charge in [0.2, 0.25) is 5.71 Å². The van der Waals surface area contributed by atoms with Crippen molar-refractivity contribution in [3.63, 3.8) is 0 Å². The van der Waals surface area contributed by atoms with Crippen LogP contribution in [0.3, 0.4) is 0 Å². The van der Waals surface area contributed by atoms with Gasteiger partial charge >= 0.3 is 0 Å². The third-order valence-electron chi connectivity index (χ3n) is 3.44. The lowest BCUT2D eigenvalue weighted by Gasteiger charge is -2.12. The first-order chi connectivity index (χ1) is 9.99. The maximum absolute atomic E-state index is 8.76. The van der Waals surface area contributed by atoms with Crippen LogP contribution in [0.15, 0.2) is 17.5 Å². The zero-order chi connectivity index (χ0) is 15.6. The molecule has 0 aliphatic carbocycles. The number of nitriles is 2. The Kier molecular flexibility index (Phi) is 3.91. The van der Waals surface area contributed by atoms with Crippen LogP contribution in [-0.4, -0.2) is 15.3 Å². The van der Waals surface area contributed by atoms with Crippen LogP contribution in [0.2, 0.25) is 0 Å². The van der Waals surface area contributed by atoms with Crippen LogP contribution < -0.4 is 5.43 Å². The number of benzene rings is 1. The van der Waals surface area contributed by atoms with Crippen molar-refractivity contribution >= 4 is 22.4 Å². The van der Waals surface area contributed by atoms with Crippen molar-refractivity contribution in [2.45, 2.75) is 33.7 Å². The third-order valence-corrected chi connectivity index (χ3v) is 3.44. The summed E-state index contributed by atoms with van der Waals surface area (Å²) in [5.41, 5.74) is 7.21. The number of nitrogens with zero attached hydrogens (tertiary/aromatic N) is 5. The monoisotopic (exact) mass is 280 g/mol. The van der Waals surface area contributed by atoms with Crippen molar-refractivity contribution < 1.29 is 0 Å². The van der Waals surface area contributed by atoms with Gasteiger partial charge in [-0.25, -0.2) is 4.98 Å². The van der Waals surface area contributed by atoms with E-state index in [0.717, 1.165) is 27.8 Å². The van der Waals surface area contributed by atoms with Crippen molar-refractivity contribution in [2.75, 3.05) is 5.43 Å². The van der Waals surface area contributed by atoms with E-state index in [0.29, 0.717) is 6.04 Å². The smallest absolute Gasteiger partial charge is 0.237 e. The molecule has 0 aliphatic heterocycles. The molecule has 0 aliphatic rings. The lowest BCUT2D eigenvalue weighted by Crippen LogP contribution is -2.02. The van der Waals surface area contributed by atoms with Crippen LogP contribution in [0.25, 0.3) is 11.0 Å². The second-order valence-corrected chi connectivity index (χ2v) is 5.10. The van der Waals surface area contributed by atoms with E-state index < -0.39 is 0 Å². The van der Waals surface area contributed by atoms with Gasteiger partial charge in [0, 0.05) is 6.04 Å². The maximum Gasteiger partial charge on any atom is 0.237 e. The van der Waals surface area contributed by atoms with Gasteiger partial charge in [-0.3, -0.25) is 5.43 Å². The molecule has 2 rings (SSSR count). The normalized spacial score (nSPS) is 10.2. The summed E-state index contributed by atoms with van der Waals surface area (Å²) in [7, 11) is 0. The fraction of sp³-hybridized carbons (Fsp3) is 0.333. The molecule has 6 heteroatoms. The highest BCUT2D eigenvalue weighted by Crippen LogP contribution is 2.30. The summed E-state index contributed by atoms with van der Waals surface area (Å²) in [6, 6.07) is 5.84. The molecule has 0 unspecified atom stereocenters. The van der Waals surface area contributed by atoms with Gasteiger partial charge in [-0.1, -0.05) is 0 Å². The zero-order valence-electron chi connectivity index (χ0n) is 12.5. The van der Waals surface area contributed by atoms with Crippen LogP contribution in [-0.2, 0) is 0 Å². The second kappa shape index (κ2) is 5.64. The third kappa shape index (κ3) is 2.56. The number of hydrogen-bond acceptors (Lipinski definition) is 5. The summed E-state index contributed by atoms with van der Waals surface area (Å²) < 4.78 is 2.08. The average Bonchev–Trinajstić information content (AvgIpc) is 2.87. The summed E-state index contributed by atoms with van der Waals surface area (Å²) in [6.45, 7) is 8.15. The van der Waals surface area contributed by atoms with Crippen LogP contribution >= 0.6 is 0 Å². The summed E-state index contributed by atoms with van der Waals surface area (Å²) in [5, 5.41) is 21.3. The first kappa shape index (κ1) is 14.5. The number of hydrazone groups is 1. The molecular formula is C15H16N6. The number of anilines is 1. The zero-order valence-corrected chi connectivity index (χ0v) is 12.5. The quantitative estimate of drug-likeness (QED) is 0.691. The van der Waals surface area contributed by atoms with Gasteiger partial charge in [0.05, 0.1) is 17.5 Å². The van der Waals surface area contributed by atoms with E-state index in [1.54, 1.807) is 18.5 Å². The number of rotatable bonds is 3. The number of imidazole rings is 1. The molecule has 0 fully saturated rings. The molecule has 0 atom stereocenters. The minimum Gasteiger partial charge on any atom is -0.328 e. The van der Waals surface area contributed by atoms with Gasteiger partial charge in [-0.05, 0) is 44.9 Å². The SMILES string of the molecule is Cc1cc2c(ncn2C(C)C)c(NN=C(C#N)C#N)c1C. The van der Waals surface area contributed by atoms with Crippen LogP contribution in [0.4, 0.5) is 5.69 Å². The van der Waals surface area contributed by atoms with Crippen LogP contribution in [0.5, 0.6) is 0 Å². The number of aryl methyl sites for hydroxylation is 1. The van der Waals surface area contributed by atoms with E-state index in [2.05, 4.69) is 40.0 Å². The number of nitrogens with one attached hydrogen (secondary N) is 1. The highest BCUT2D eigenvalue weighted by atomic mass is 15.3. The minimum atomic E-state index is -0.215. The summed E-state index contributed by atoms with van der Waals surface area (Å²) >= 11 is 0. The second-order valence-electron chi connectivity index (χ2n) is 5.10. The molecule has 0 spiro atoms. The molecule has 0 saturated heterocycles. The van der Waals surface area contributed by atoms with Gasteiger partial charge in [-0.15, -0.1) is 0 Å². The molecule has 1 heterocycles. The van der Waals surface area contributed by atoms with E-state index in [-0.39, 0.29) is 5.71 Å². The molecule has 0 amide bonds. The highest BCUT2D eigenvalue weighted by molar-refractivity contribution is 6.10. The van der Waals surface area contributed by atoms with Crippen molar-refractivity contribution in [3.05, 3.63) is 23.5 Å².